The molecular weight excluding hydrogens is 366 g/mol. The van der Waals surface area contributed by atoms with E-state index in [0.29, 0.717) is 25.0 Å². The first-order chi connectivity index (χ1) is 13.2. The first kappa shape index (κ1) is 21.0. The van der Waals surface area contributed by atoms with Gasteiger partial charge in [-0.15, -0.1) is 0 Å². The smallest absolute Gasteiger partial charge is 0.266 e. The molecule has 4 nitrogen and oxygen atoms in total. The van der Waals surface area contributed by atoms with Gasteiger partial charge in [0.05, 0.1) is 4.91 Å². The Balaban J connectivity index is 1.99. The zero-order valence-electron chi connectivity index (χ0n) is 18.2. The monoisotopic (exact) mass is 399 g/mol. The number of fused-ring (bicyclic) bond motifs is 1. The predicted octanol–water partition coefficient (Wildman–Crippen LogP) is 5.50. The number of nitrogens with zero attached hydrogens (tertiary/aromatic N) is 3. The van der Waals surface area contributed by atoms with Crippen molar-refractivity contribution in [2.45, 2.75) is 72.4 Å². The Kier molecular flexibility index (Phi) is 5.95. The molecule has 0 saturated carbocycles. The first-order valence-corrected chi connectivity index (χ1v) is 11.2. The number of amides is 1. The lowest BCUT2D eigenvalue weighted by molar-refractivity contribution is -0.122. The van der Waals surface area contributed by atoms with Crippen molar-refractivity contribution in [1.29, 1.82) is 0 Å². The molecule has 0 unspecified atom stereocenters. The largest absolute Gasteiger partial charge is 0.364 e. The van der Waals surface area contributed by atoms with Crippen molar-refractivity contribution in [3.63, 3.8) is 0 Å². The number of likely N-dealkylation sites (N-methyl/N-ethyl adjacent to an activating group) is 1. The summed E-state index contributed by atoms with van der Waals surface area (Å²) in [4.78, 5) is 22.3. The molecule has 1 saturated heterocycles. The molecule has 28 heavy (non-hydrogen) atoms. The van der Waals surface area contributed by atoms with Crippen molar-refractivity contribution < 1.29 is 4.79 Å². The summed E-state index contributed by atoms with van der Waals surface area (Å²) in [6.07, 6.45) is 3.16. The van der Waals surface area contributed by atoms with Crippen LogP contribution in [-0.4, -0.2) is 40.6 Å². The third kappa shape index (κ3) is 3.73. The molecule has 1 fully saturated rings. The van der Waals surface area contributed by atoms with Gasteiger partial charge in [0.25, 0.3) is 5.91 Å². The van der Waals surface area contributed by atoms with Crippen molar-refractivity contribution >= 4 is 34.6 Å². The topological polar surface area (TPSA) is 35.9 Å². The Hall–Kier alpha value is -1.75. The SMILES string of the molecule is CCN=C1S/C(=C\c2ccc3c(c2)[C@H](C)CC(C)(C)N3C(C)C)C(=O)N1CC. The van der Waals surface area contributed by atoms with Crippen molar-refractivity contribution in [3.05, 3.63) is 34.2 Å². The second-order valence-corrected chi connectivity index (χ2v) is 9.63. The Morgan fingerprint density at radius 1 is 1.32 bits per heavy atom. The molecule has 2 aliphatic rings. The van der Waals surface area contributed by atoms with Gasteiger partial charge in [-0.05, 0) is 95.0 Å². The highest BCUT2D eigenvalue weighted by Crippen LogP contribution is 2.45. The van der Waals surface area contributed by atoms with Gasteiger partial charge in [0.15, 0.2) is 5.17 Å². The molecule has 5 heteroatoms. The van der Waals surface area contributed by atoms with Gasteiger partial charge in [-0.25, -0.2) is 0 Å². The molecule has 2 aliphatic heterocycles. The van der Waals surface area contributed by atoms with Crippen molar-refractivity contribution in [1.82, 2.24) is 4.90 Å². The van der Waals surface area contributed by atoms with E-state index in [1.807, 2.05) is 19.9 Å². The third-order valence-electron chi connectivity index (χ3n) is 5.61. The van der Waals surface area contributed by atoms with Crippen molar-refractivity contribution in [3.8, 4) is 0 Å². The average molecular weight is 400 g/mol. The molecule has 1 atom stereocenters. The number of carbonyl (C=O) groups excluding carboxylic acids is 1. The summed E-state index contributed by atoms with van der Waals surface area (Å²) >= 11 is 1.49. The standard InChI is InChI=1S/C23H33N3OS/c1-8-24-22-25(9-2)21(27)20(28-22)13-17-10-11-19-18(12-17)16(5)14-23(6,7)26(19)15(3)4/h10-13,15-16H,8-9,14H2,1-7H3/b20-13-,24-22?/t16-/m1/s1. The van der Waals surface area contributed by atoms with Crippen LogP contribution in [0.2, 0.25) is 0 Å². The van der Waals surface area contributed by atoms with Crippen molar-refractivity contribution in [2.75, 3.05) is 18.0 Å². The number of hydrogen-bond acceptors (Lipinski definition) is 4. The van der Waals surface area contributed by atoms with E-state index in [4.69, 9.17) is 0 Å². The van der Waals surface area contributed by atoms with Crippen LogP contribution >= 0.6 is 11.8 Å². The van der Waals surface area contributed by atoms with E-state index < -0.39 is 0 Å². The van der Waals surface area contributed by atoms with Gasteiger partial charge in [0, 0.05) is 30.4 Å². The van der Waals surface area contributed by atoms with E-state index in [1.54, 1.807) is 4.90 Å². The molecule has 2 heterocycles. The minimum absolute atomic E-state index is 0.0652. The van der Waals surface area contributed by atoms with E-state index in [2.05, 4.69) is 62.7 Å². The van der Waals surface area contributed by atoms with Crippen LogP contribution in [0.25, 0.3) is 6.08 Å². The Morgan fingerprint density at radius 3 is 2.64 bits per heavy atom. The lowest BCUT2D eigenvalue weighted by Crippen LogP contribution is -2.51. The van der Waals surface area contributed by atoms with E-state index >= 15 is 0 Å². The van der Waals surface area contributed by atoms with Gasteiger partial charge in [0.1, 0.15) is 0 Å². The maximum atomic E-state index is 12.8. The molecule has 0 N–H and O–H groups in total. The first-order valence-electron chi connectivity index (χ1n) is 10.4. The van der Waals surface area contributed by atoms with E-state index in [9.17, 15) is 4.79 Å². The van der Waals surface area contributed by atoms with Crippen LogP contribution in [-0.2, 0) is 4.79 Å². The van der Waals surface area contributed by atoms with E-state index in [0.717, 1.165) is 22.1 Å². The fraction of sp³-hybridized carbons (Fsp3) is 0.565. The molecule has 1 aromatic carbocycles. The summed E-state index contributed by atoms with van der Waals surface area (Å²) < 4.78 is 0. The van der Waals surface area contributed by atoms with E-state index in [-0.39, 0.29) is 11.4 Å². The van der Waals surface area contributed by atoms with Crippen LogP contribution in [0.3, 0.4) is 0 Å². The molecule has 0 spiro atoms. The molecule has 0 aliphatic carbocycles. The quantitative estimate of drug-likeness (QED) is 0.627. The maximum Gasteiger partial charge on any atom is 0.266 e. The third-order valence-corrected chi connectivity index (χ3v) is 6.66. The second-order valence-electron chi connectivity index (χ2n) is 8.62. The van der Waals surface area contributed by atoms with Gasteiger partial charge in [-0.3, -0.25) is 14.7 Å². The van der Waals surface area contributed by atoms with E-state index in [1.165, 1.54) is 23.0 Å². The lowest BCUT2D eigenvalue weighted by atomic mass is 9.79. The Labute approximate surface area is 174 Å². The van der Waals surface area contributed by atoms with Gasteiger partial charge in [0.2, 0.25) is 0 Å². The highest BCUT2D eigenvalue weighted by Gasteiger charge is 2.38. The van der Waals surface area contributed by atoms with Gasteiger partial charge >= 0.3 is 0 Å². The Morgan fingerprint density at radius 2 is 2.04 bits per heavy atom. The lowest BCUT2D eigenvalue weighted by Gasteiger charge is -2.50. The molecule has 1 aromatic rings. The highest BCUT2D eigenvalue weighted by molar-refractivity contribution is 8.18. The summed E-state index contributed by atoms with van der Waals surface area (Å²) in [5.41, 5.74) is 3.95. The van der Waals surface area contributed by atoms with Crippen LogP contribution in [0, 0.1) is 0 Å². The number of aliphatic imine (C=N–C) groups is 1. The molecule has 3 rings (SSSR count). The highest BCUT2D eigenvalue weighted by atomic mass is 32.2. The zero-order valence-corrected chi connectivity index (χ0v) is 19.1. The number of thioether (sulfide) groups is 1. The molecule has 0 radical (unpaired) electrons. The minimum Gasteiger partial charge on any atom is -0.364 e. The summed E-state index contributed by atoms with van der Waals surface area (Å²) in [6.45, 7) is 16.9. The molecule has 0 bridgehead atoms. The summed E-state index contributed by atoms with van der Waals surface area (Å²) in [5, 5.41) is 0.820. The zero-order chi connectivity index (χ0) is 20.6. The van der Waals surface area contributed by atoms with Gasteiger partial charge < -0.3 is 4.90 Å². The number of carbonyl (C=O) groups is 1. The van der Waals surface area contributed by atoms with Crippen molar-refractivity contribution in [2.24, 2.45) is 4.99 Å². The average Bonchev–Trinajstić information content (AvgIpc) is 2.89. The maximum absolute atomic E-state index is 12.8. The Bertz CT molecular complexity index is 825. The molecule has 1 amide bonds. The van der Waals surface area contributed by atoms with Crippen LogP contribution in [0.5, 0.6) is 0 Å². The number of benzene rings is 1. The fourth-order valence-electron chi connectivity index (χ4n) is 4.73. The van der Waals surface area contributed by atoms with Crippen LogP contribution < -0.4 is 4.90 Å². The summed E-state index contributed by atoms with van der Waals surface area (Å²) in [5.74, 6) is 0.560. The molecule has 0 aromatic heterocycles. The minimum atomic E-state index is 0.0652. The number of hydrogen-bond donors (Lipinski definition) is 0. The normalized spacial score (nSPS) is 24.6. The van der Waals surface area contributed by atoms with Crippen LogP contribution in [0.4, 0.5) is 5.69 Å². The number of rotatable bonds is 4. The number of amidine groups is 1. The summed E-state index contributed by atoms with van der Waals surface area (Å²) in [7, 11) is 0. The van der Waals surface area contributed by atoms with Crippen LogP contribution in [0.15, 0.2) is 28.1 Å². The summed E-state index contributed by atoms with van der Waals surface area (Å²) in [6, 6.07) is 7.11. The van der Waals surface area contributed by atoms with Gasteiger partial charge in [-0.2, -0.15) is 0 Å². The predicted molar refractivity (Wildman–Crippen MR) is 122 cm³/mol. The second kappa shape index (κ2) is 7.94. The molecule has 152 valence electrons. The number of anilines is 1. The van der Waals surface area contributed by atoms with Gasteiger partial charge in [-0.1, -0.05) is 13.0 Å². The van der Waals surface area contributed by atoms with Crippen LogP contribution in [0.1, 0.15) is 71.9 Å². The fourth-order valence-corrected chi connectivity index (χ4v) is 5.83. The molecular formula is C23H33N3OS.